The van der Waals surface area contributed by atoms with E-state index in [1.807, 2.05) is 6.07 Å². The fourth-order valence-electron chi connectivity index (χ4n) is 2.20. The molecular formula is C15H9F2NO2S. The lowest BCUT2D eigenvalue weighted by atomic mass is 10.0. The molecule has 0 saturated carbocycles. The van der Waals surface area contributed by atoms with Crippen LogP contribution in [0, 0.1) is 23.0 Å². The van der Waals surface area contributed by atoms with Crippen molar-refractivity contribution in [2.24, 2.45) is 0 Å². The van der Waals surface area contributed by atoms with E-state index in [-0.39, 0.29) is 17.1 Å². The first-order valence-electron chi connectivity index (χ1n) is 6.10. The number of aliphatic hydroxyl groups is 1. The maximum atomic E-state index is 13.2. The average Bonchev–Trinajstić information content (AvgIpc) is 2.79. The predicted octanol–water partition coefficient (Wildman–Crippen LogP) is 3.77. The van der Waals surface area contributed by atoms with Crippen molar-refractivity contribution < 1.29 is 18.6 Å². The van der Waals surface area contributed by atoms with E-state index in [9.17, 15) is 19.1 Å². The molecule has 0 amide bonds. The molecule has 2 aromatic rings. The van der Waals surface area contributed by atoms with Crippen LogP contribution >= 0.6 is 11.8 Å². The quantitative estimate of drug-likeness (QED) is 0.917. The molecule has 0 spiro atoms. The van der Waals surface area contributed by atoms with Crippen molar-refractivity contribution >= 4 is 11.8 Å². The van der Waals surface area contributed by atoms with Gasteiger partial charge < -0.3 is 9.84 Å². The molecule has 0 aromatic heterocycles. The van der Waals surface area contributed by atoms with Crippen LogP contribution in [0.2, 0.25) is 0 Å². The van der Waals surface area contributed by atoms with Crippen molar-refractivity contribution in [1.82, 2.24) is 0 Å². The van der Waals surface area contributed by atoms with Gasteiger partial charge in [-0.1, -0.05) is 0 Å². The highest BCUT2D eigenvalue weighted by Crippen LogP contribution is 2.43. The number of aliphatic hydroxyl groups excluding tert-OH is 1. The van der Waals surface area contributed by atoms with Gasteiger partial charge in [-0.15, -0.1) is 11.8 Å². The molecule has 0 bridgehead atoms. The minimum Gasteiger partial charge on any atom is -0.456 e. The van der Waals surface area contributed by atoms with Gasteiger partial charge in [0.2, 0.25) is 0 Å². The topological polar surface area (TPSA) is 53.2 Å². The van der Waals surface area contributed by atoms with E-state index in [0.29, 0.717) is 11.3 Å². The SMILES string of the molecule is N#Cc1c(Oc2cc(F)cc(F)c2)ccc2c1[C@@H](O)CS2. The van der Waals surface area contributed by atoms with Gasteiger partial charge in [-0.05, 0) is 12.1 Å². The molecule has 0 aliphatic carbocycles. The van der Waals surface area contributed by atoms with Crippen LogP contribution in [-0.4, -0.2) is 10.9 Å². The highest BCUT2D eigenvalue weighted by atomic mass is 32.2. The molecule has 1 aliphatic rings. The Balaban J connectivity index is 2.04. The second-order valence-electron chi connectivity index (χ2n) is 4.50. The van der Waals surface area contributed by atoms with Crippen LogP contribution in [0.1, 0.15) is 17.2 Å². The van der Waals surface area contributed by atoms with E-state index in [1.54, 1.807) is 12.1 Å². The van der Waals surface area contributed by atoms with Gasteiger partial charge in [0.15, 0.2) is 0 Å². The van der Waals surface area contributed by atoms with Crippen LogP contribution in [0.4, 0.5) is 8.78 Å². The molecule has 0 saturated heterocycles. The minimum atomic E-state index is -0.764. The number of ether oxygens (including phenoxy) is 1. The van der Waals surface area contributed by atoms with Crippen LogP contribution in [0.3, 0.4) is 0 Å². The monoisotopic (exact) mass is 305 g/mol. The molecule has 1 N–H and O–H groups in total. The number of rotatable bonds is 2. The third kappa shape index (κ3) is 2.58. The van der Waals surface area contributed by atoms with Gasteiger partial charge in [0, 0.05) is 34.4 Å². The number of thioether (sulfide) groups is 1. The number of nitrogens with zero attached hydrogens (tertiary/aromatic N) is 1. The molecule has 2 aromatic carbocycles. The molecule has 1 heterocycles. The smallest absolute Gasteiger partial charge is 0.145 e. The van der Waals surface area contributed by atoms with Gasteiger partial charge in [-0.3, -0.25) is 0 Å². The van der Waals surface area contributed by atoms with Crippen molar-refractivity contribution in [3.8, 4) is 17.6 Å². The Morgan fingerprint density at radius 2 is 1.95 bits per heavy atom. The van der Waals surface area contributed by atoms with Gasteiger partial charge in [0.25, 0.3) is 0 Å². The van der Waals surface area contributed by atoms with Gasteiger partial charge >= 0.3 is 0 Å². The number of halogens is 2. The second kappa shape index (κ2) is 5.35. The van der Waals surface area contributed by atoms with E-state index in [2.05, 4.69) is 0 Å². The fourth-order valence-corrected chi connectivity index (χ4v) is 3.27. The zero-order valence-electron chi connectivity index (χ0n) is 10.6. The number of benzene rings is 2. The molecule has 3 rings (SSSR count). The summed E-state index contributed by atoms with van der Waals surface area (Å²) in [5, 5.41) is 19.2. The Bertz CT molecular complexity index is 738. The molecule has 0 radical (unpaired) electrons. The number of hydrogen-bond acceptors (Lipinski definition) is 4. The highest BCUT2D eigenvalue weighted by molar-refractivity contribution is 7.99. The van der Waals surface area contributed by atoms with Gasteiger partial charge in [-0.2, -0.15) is 5.26 Å². The first-order valence-corrected chi connectivity index (χ1v) is 7.09. The van der Waals surface area contributed by atoms with E-state index in [0.717, 1.165) is 23.1 Å². The summed E-state index contributed by atoms with van der Waals surface area (Å²) in [6, 6.07) is 8.07. The summed E-state index contributed by atoms with van der Waals surface area (Å²) in [4.78, 5) is 0.817. The van der Waals surface area contributed by atoms with Crippen LogP contribution in [0.15, 0.2) is 35.2 Å². The van der Waals surface area contributed by atoms with Gasteiger partial charge in [0.05, 0.1) is 6.10 Å². The molecule has 3 nitrogen and oxygen atoms in total. The molecular weight excluding hydrogens is 296 g/mol. The average molecular weight is 305 g/mol. The zero-order valence-corrected chi connectivity index (χ0v) is 11.5. The van der Waals surface area contributed by atoms with Crippen molar-refractivity contribution in [3.63, 3.8) is 0 Å². The maximum Gasteiger partial charge on any atom is 0.145 e. The Morgan fingerprint density at radius 3 is 2.62 bits per heavy atom. The van der Waals surface area contributed by atoms with Gasteiger partial charge in [0.1, 0.15) is 34.8 Å². The second-order valence-corrected chi connectivity index (χ2v) is 5.56. The third-order valence-corrected chi connectivity index (χ3v) is 4.22. The van der Waals surface area contributed by atoms with E-state index >= 15 is 0 Å². The molecule has 21 heavy (non-hydrogen) atoms. The summed E-state index contributed by atoms with van der Waals surface area (Å²) < 4.78 is 31.7. The van der Waals surface area contributed by atoms with E-state index < -0.39 is 17.7 Å². The largest absolute Gasteiger partial charge is 0.456 e. The Hall–Kier alpha value is -2.10. The van der Waals surface area contributed by atoms with E-state index in [1.165, 1.54) is 11.8 Å². The van der Waals surface area contributed by atoms with Crippen LogP contribution in [0.25, 0.3) is 0 Å². The Morgan fingerprint density at radius 1 is 1.24 bits per heavy atom. The summed E-state index contributed by atoms with van der Waals surface area (Å²) in [6.07, 6.45) is -0.743. The van der Waals surface area contributed by atoms with Crippen molar-refractivity contribution in [3.05, 3.63) is 53.1 Å². The lowest BCUT2D eigenvalue weighted by molar-refractivity contribution is 0.204. The van der Waals surface area contributed by atoms with E-state index in [4.69, 9.17) is 4.74 Å². The summed E-state index contributed by atoms with van der Waals surface area (Å²) >= 11 is 1.45. The summed E-state index contributed by atoms with van der Waals surface area (Å²) in [6.45, 7) is 0. The number of nitriles is 1. The normalized spacial score (nSPS) is 16.4. The number of hydrogen-bond donors (Lipinski definition) is 1. The molecule has 1 atom stereocenters. The molecule has 6 heteroatoms. The Kier molecular flexibility index (Phi) is 3.53. The Labute approximate surface area is 123 Å². The summed E-state index contributed by atoms with van der Waals surface area (Å²) in [5.41, 5.74) is 0.701. The third-order valence-electron chi connectivity index (χ3n) is 3.07. The lowest BCUT2D eigenvalue weighted by Gasteiger charge is -2.12. The predicted molar refractivity (Wildman–Crippen MR) is 73.3 cm³/mol. The number of fused-ring (bicyclic) bond motifs is 1. The summed E-state index contributed by atoms with van der Waals surface area (Å²) in [5.74, 6) is -0.922. The van der Waals surface area contributed by atoms with Crippen molar-refractivity contribution in [2.75, 3.05) is 5.75 Å². The first kappa shape index (κ1) is 13.9. The standard InChI is InChI=1S/C15H9F2NO2S/c16-8-3-9(17)5-10(4-8)20-13-1-2-14-15(11(13)6-18)12(19)7-21-14/h1-5,12,19H,7H2/t12-/m0/s1. The first-order chi connectivity index (χ1) is 10.1. The molecule has 0 unspecified atom stereocenters. The minimum absolute atomic E-state index is 0.0379. The highest BCUT2D eigenvalue weighted by Gasteiger charge is 2.27. The molecule has 106 valence electrons. The van der Waals surface area contributed by atoms with Crippen LogP contribution in [-0.2, 0) is 0 Å². The van der Waals surface area contributed by atoms with Crippen molar-refractivity contribution in [1.29, 1.82) is 5.26 Å². The van der Waals surface area contributed by atoms with Gasteiger partial charge in [-0.25, -0.2) is 8.78 Å². The van der Waals surface area contributed by atoms with Crippen LogP contribution in [0.5, 0.6) is 11.5 Å². The molecule has 1 aliphatic heterocycles. The maximum absolute atomic E-state index is 13.2. The fraction of sp³-hybridized carbons (Fsp3) is 0.133. The molecule has 0 fully saturated rings. The summed E-state index contributed by atoms with van der Waals surface area (Å²) in [7, 11) is 0. The zero-order chi connectivity index (χ0) is 15.0. The van der Waals surface area contributed by atoms with Crippen LogP contribution < -0.4 is 4.74 Å². The lowest BCUT2D eigenvalue weighted by Crippen LogP contribution is -2.00. The van der Waals surface area contributed by atoms with Crippen molar-refractivity contribution in [2.45, 2.75) is 11.0 Å².